The van der Waals surface area contributed by atoms with Gasteiger partial charge in [0.1, 0.15) is 10.9 Å². The number of nitro groups is 1. The van der Waals surface area contributed by atoms with Crippen LogP contribution in [0.5, 0.6) is 0 Å². The van der Waals surface area contributed by atoms with Crippen molar-refractivity contribution < 1.29 is 28.9 Å². The Labute approximate surface area is 234 Å². The zero-order valence-corrected chi connectivity index (χ0v) is 22.8. The summed E-state index contributed by atoms with van der Waals surface area (Å²) < 4.78 is 5.35. The molecular weight excluding hydrogens is 534 g/mol. The molecule has 0 spiro atoms. The fourth-order valence-corrected chi connectivity index (χ4v) is 7.28. The Morgan fingerprint density at radius 1 is 1.10 bits per heavy atom. The van der Waals surface area contributed by atoms with Gasteiger partial charge in [0.05, 0.1) is 28.8 Å². The van der Waals surface area contributed by atoms with E-state index in [9.17, 15) is 24.5 Å². The second kappa shape index (κ2) is 10.1. The Balaban J connectivity index is 1.45. The highest BCUT2D eigenvalue weighted by molar-refractivity contribution is 7.17. The number of para-hydroxylation sites is 1. The van der Waals surface area contributed by atoms with Gasteiger partial charge in [0.2, 0.25) is 5.91 Å². The molecule has 0 bridgehead atoms. The molecule has 0 unspecified atom stereocenters. The number of carbonyl (C=O) groups excluding carboxylic acids is 3. The number of amides is 2. The number of anilines is 2. The first-order valence-electron chi connectivity index (χ1n) is 13.3. The molecule has 2 aromatic carbocycles. The second-order valence-corrected chi connectivity index (χ2v) is 11.2. The van der Waals surface area contributed by atoms with Crippen molar-refractivity contribution in [1.82, 2.24) is 0 Å². The Morgan fingerprint density at radius 3 is 2.52 bits per heavy atom. The van der Waals surface area contributed by atoms with E-state index in [4.69, 9.17) is 9.57 Å². The van der Waals surface area contributed by atoms with Crippen LogP contribution in [0.15, 0.2) is 48.5 Å². The van der Waals surface area contributed by atoms with E-state index in [0.717, 1.165) is 40.2 Å². The maximum atomic E-state index is 14.2. The summed E-state index contributed by atoms with van der Waals surface area (Å²) in [6.45, 7) is 3.79. The minimum atomic E-state index is -1.12. The molecule has 1 aliphatic carbocycles. The van der Waals surface area contributed by atoms with Crippen LogP contribution < -0.4 is 9.96 Å². The van der Waals surface area contributed by atoms with Crippen LogP contribution in [0.3, 0.4) is 0 Å². The molecule has 2 amide bonds. The van der Waals surface area contributed by atoms with Crippen molar-refractivity contribution in [3.8, 4) is 0 Å². The normalized spacial score (nSPS) is 21.9. The Kier molecular flexibility index (Phi) is 6.63. The van der Waals surface area contributed by atoms with Crippen LogP contribution in [0.25, 0.3) is 0 Å². The maximum Gasteiger partial charge on any atom is 0.341 e. The van der Waals surface area contributed by atoms with Crippen LogP contribution in [0.1, 0.15) is 57.7 Å². The van der Waals surface area contributed by atoms with E-state index in [-0.39, 0.29) is 12.3 Å². The number of rotatable bonds is 6. The molecule has 3 atom stereocenters. The van der Waals surface area contributed by atoms with Gasteiger partial charge in [0.15, 0.2) is 6.10 Å². The predicted molar refractivity (Wildman–Crippen MR) is 147 cm³/mol. The summed E-state index contributed by atoms with van der Waals surface area (Å²) in [6, 6.07) is 12.7. The van der Waals surface area contributed by atoms with Gasteiger partial charge < -0.3 is 4.74 Å². The van der Waals surface area contributed by atoms with Crippen molar-refractivity contribution >= 4 is 45.5 Å². The van der Waals surface area contributed by atoms with Crippen molar-refractivity contribution in [3.63, 3.8) is 0 Å². The van der Waals surface area contributed by atoms with Crippen LogP contribution in [0.2, 0.25) is 0 Å². The predicted octanol–water partition coefficient (Wildman–Crippen LogP) is 5.07. The SMILES string of the molecule is CCOC(=O)c1c(N2C(=O)[C@@H]3[C@@H](c4ccc([N+](=O)[O-])cc4)N(c4ccccc4C)O[C@H]3C2=O)sc2c1CCCC2. The summed E-state index contributed by atoms with van der Waals surface area (Å²) in [6.07, 6.45) is 2.23. The summed E-state index contributed by atoms with van der Waals surface area (Å²) in [5.74, 6) is -2.48. The molecule has 3 aromatic rings. The first kappa shape index (κ1) is 26.1. The number of benzene rings is 2. The highest BCUT2D eigenvalue weighted by atomic mass is 32.1. The molecule has 2 aliphatic heterocycles. The molecule has 6 rings (SSSR count). The van der Waals surface area contributed by atoms with Crippen molar-refractivity contribution in [2.75, 3.05) is 16.6 Å². The minimum Gasteiger partial charge on any atom is -0.462 e. The zero-order valence-electron chi connectivity index (χ0n) is 22.0. The van der Waals surface area contributed by atoms with Crippen LogP contribution in [0, 0.1) is 23.0 Å². The average Bonchev–Trinajstić information content (AvgIpc) is 3.59. The number of hydroxylamine groups is 1. The Morgan fingerprint density at radius 2 is 1.82 bits per heavy atom. The molecule has 2 fully saturated rings. The Bertz CT molecular complexity index is 1530. The lowest BCUT2D eigenvalue weighted by atomic mass is 9.90. The first-order valence-corrected chi connectivity index (χ1v) is 14.1. The third-order valence-electron chi connectivity index (χ3n) is 7.75. The number of thiophene rings is 1. The third kappa shape index (κ3) is 4.08. The molecule has 1 aromatic heterocycles. The quantitative estimate of drug-likeness (QED) is 0.177. The van der Waals surface area contributed by atoms with Gasteiger partial charge in [0.25, 0.3) is 11.6 Å². The van der Waals surface area contributed by atoms with Crippen molar-refractivity contribution in [1.29, 1.82) is 0 Å². The number of nitrogens with zero attached hydrogens (tertiary/aromatic N) is 3. The largest absolute Gasteiger partial charge is 0.462 e. The number of hydrogen-bond acceptors (Lipinski definition) is 9. The van der Waals surface area contributed by atoms with Crippen LogP contribution in [-0.4, -0.2) is 35.4 Å². The Hall–Kier alpha value is -4.09. The smallest absolute Gasteiger partial charge is 0.341 e. The lowest BCUT2D eigenvalue weighted by Gasteiger charge is -2.29. The van der Waals surface area contributed by atoms with E-state index < -0.39 is 40.8 Å². The number of carbonyl (C=O) groups is 3. The molecule has 0 saturated carbocycles. The summed E-state index contributed by atoms with van der Waals surface area (Å²) in [5.41, 5.74) is 3.23. The van der Waals surface area contributed by atoms with E-state index in [0.29, 0.717) is 28.2 Å². The standard InChI is InChI=1S/C29H27N3O7S/c1-3-38-29(35)22-19-9-5-7-11-21(19)40-28(22)30-26(33)23-24(17-12-14-18(15-13-17)32(36)37)31(39-25(23)27(30)34)20-10-6-4-8-16(20)2/h4,6,8,10,12-15,23-25H,3,5,7,9,11H2,1-2H3/t23-,24-,25-/m1/s1. The molecule has 2 saturated heterocycles. The number of aryl methyl sites for hydroxylation is 2. The summed E-state index contributed by atoms with van der Waals surface area (Å²) >= 11 is 1.30. The number of fused-ring (bicyclic) bond motifs is 2. The van der Waals surface area contributed by atoms with Gasteiger partial charge in [-0.15, -0.1) is 11.3 Å². The molecular formula is C29H27N3O7S. The number of non-ortho nitro benzene ring substituents is 1. The minimum absolute atomic E-state index is 0.0830. The molecule has 11 heteroatoms. The van der Waals surface area contributed by atoms with Gasteiger partial charge in [-0.1, -0.05) is 30.3 Å². The van der Waals surface area contributed by atoms with E-state index >= 15 is 0 Å². The summed E-state index contributed by atoms with van der Waals surface area (Å²) in [4.78, 5) is 60.4. The molecule has 10 nitrogen and oxygen atoms in total. The fraction of sp³-hybridized carbons (Fsp3) is 0.345. The summed E-state index contributed by atoms with van der Waals surface area (Å²) in [5, 5.41) is 13.2. The highest BCUT2D eigenvalue weighted by Gasteiger charge is 2.61. The van der Waals surface area contributed by atoms with Crippen molar-refractivity contribution in [2.24, 2.45) is 5.92 Å². The number of imide groups is 1. The van der Waals surface area contributed by atoms with Gasteiger partial charge in [-0.05, 0) is 62.3 Å². The fourth-order valence-electron chi connectivity index (χ4n) is 5.89. The van der Waals surface area contributed by atoms with Gasteiger partial charge >= 0.3 is 5.97 Å². The number of hydrogen-bond donors (Lipinski definition) is 0. The lowest BCUT2D eigenvalue weighted by molar-refractivity contribution is -0.384. The average molecular weight is 562 g/mol. The lowest BCUT2D eigenvalue weighted by Crippen LogP contribution is -2.38. The highest BCUT2D eigenvalue weighted by Crippen LogP contribution is 2.51. The zero-order chi connectivity index (χ0) is 28.1. The molecule has 206 valence electrons. The molecule has 0 N–H and O–H groups in total. The van der Waals surface area contributed by atoms with Crippen LogP contribution in [0.4, 0.5) is 16.4 Å². The number of esters is 1. The third-order valence-corrected chi connectivity index (χ3v) is 9.03. The van der Waals surface area contributed by atoms with E-state index in [1.165, 1.54) is 23.5 Å². The molecule has 40 heavy (non-hydrogen) atoms. The van der Waals surface area contributed by atoms with E-state index in [1.807, 2.05) is 31.2 Å². The molecule has 0 radical (unpaired) electrons. The van der Waals surface area contributed by atoms with Gasteiger partial charge in [-0.3, -0.25) is 24.5 Å². The summed E-state index contributed by atoms with van der Waals surface area (Å²) in [7, 11) is 0. The topological polar surface area (TPSA) is 119 Å². The first-order chi connectivity index (χ1) is 19.3. The van der Waals surface area contributed by atoms with Crippen LogP contribution >= 0.6 is 11.3 Å². The molecule has 3 aliphatic rings. The second-order valence-electron chi connectivity index (χ2n) is 10.1. The van der Waals surface area contributed by atoms with E-state index in [2.05, 4.69) is 0 Å². The van der Waals surface area contributed by atoms with Gasteiger partial charge in [-0.25, -0.2) is 14.8 Å². The van der Waals surface area contributed by atoms with Crippen molar-refractivity contribution in [2.45, 2.75) is 51.7 Å². The van der Waals surface area contributed by atoms with Crippen molar-refractivity contribution in [3.05, 3.63) is 85.8 Å². The maximum absolute atomic E-state index is 14.2. The molecule has 3 heterocycles. The van der Waals surface area contributed by atoms with Crippen LogP contribution in [-0.2, 0) is 32.0 Å². The van der Waals surface area contributed by atoms with Gasteiger partial charge in [0, 0.05) is 17.0 Å². The number of nitro benzene ring substituents is 1. The monoisotopic (exact) mass is 561 g/mol. The van der Waals surface area contributed by atoms with Gasteiger partial charge in [-0.2, -0.15) is 0 Å². The number of ether oxygens (including phenoxy) is 1. The van der Waals surface area contributed by atoms with E-state index in [1.54, 1.807) is 24.1 Å².